The van der Waals surface area contributed by atoms with E-state index in [1.54, 1.807) is 7.11 Å². The lowest BCUT2D eigenvalue weighted by Crippen LogP contribution is -2.33. The second-order valence-electron chi connectivity index (χ2n) is 4.44. The molecule has 18 heavy (non-hydrogen) atoms. The maximum Gasteiger partial charge on any atom is 0.328 e. The fourth-order valence-electron chi connectivity index (χ4n) is 1.92. The van der Waals surface area contributed by atoms with E-state index in [1.165, 1.54) is 0 Å². The van der Waals surface area contributed by atoms with Crippen LogP contribution in [0.1, 0.15) is 19.8 Å². The molecule has 1 N–H and O–H groups in total. The maximum absolute atomic E-state index is 11.9. The molecular weight excluding hydrogens is 230 g/mol. The van der Waals surface area contributed by atoms with Crippen LogP contribution in [0.5, 0.6) is 5.75 Å². The van der Waals surface area contributed by atoms with Crippen LogP contribution in [0.15, 0.2) is 24.3 Å². The monoisotopic (exact) mass is 249 g/mol. The van der Waals surface area contributed by atoms with Gasteiger partial charge in [-0.2, -0.15) is 0 Å². The van der Waals surface area contributed by atoms with Gasteiger partial charge in [-0.25, -0.2) is 4.79 Å². The number of benzene rings is 1. The fraction of sp³-hybridized carbons (Fsp3) is 0.500. The van der Waals surface area contributed by atoms with Gasteiger partial charge in [0.1, 0.15) is 11.8 Å². The van der Waals surface area contributed by atoms with Crippen LogP contribution < -0.4 is 10.1 Å². The van der Waals surface area contributed by atoms with Crippen molar-refractivity contribution in [2.24, 2.45) is 5.92 Å². The van der Waals surface area contributed by atoms with Gasteiger partial charge in [0.25, 0.3) is 0 Å². The highest BCUT2D eigenvalue weighted by Crippen LogP contribution is 2.35. The van der Waals surface area contributed by atoms with Crippen molar-refractivity contribution in [3.05, 3.63) is 24.3 Å². The van der Waals surface area contributed by atoms with Crippen molar-refractivity contribution in [2.45, 2.75) is 25.8 Å². The number of carbonyl (C=O) groups excluding carboxylic acids is 1. The van der Waals surface area contributed by atoms with Crippen molar-refractivity contribution in [3.8, 4) is 5.75 Å². The van der Waals surface area contributed by atoms with Gasteiger partial charge in [-0.3, -0.25) is 0 Å². The summed E-state index contributed by atoms with van der Waals surface area (Å²) in [6, 6.07) is 7.35. The van der Waals surface area contributed by atoms with Crippen molar-refractivity contribution in [1.29, 1.82) is 0 Å². The van der Waals surface area contributed by atoms with Gasteiger partial charge in [0.2, 0.25) is 0 Å². The summed E-state index contributed by atoms with van der Waals surface area (Å²) in [5.41, 5.74) is 0.888. The zero-order valence-electron chi connectivity index (χ0n) is 10.8. The average molecular weight is 249 g/mol. The normalized spacial score (nSPS) is 15.9. The Balaban J connectivity index is 2.05. The largest absolute Gasteiger partial charge is 0.497 e. The predicted molar refractivity (Wildman–Crippen MR) is 69.8 cm³/mol. The van der Waals surface area contributed by atoms with E-state index < -0.39 is 0 Å². The number of hydrogen-bond acceptors (Lipinski definition) is 4. The summed E-state index contributed by atoms with van der Waals surface area (Å²) < 4.78 is 10.3. The standard InChI is InChI=1S/C14H19NO3/c1-3-18-14(16)13(10-7-8-10)15-11-5-4-6-12(9-11)17-2/h4-6,9-10,13,15H,3,7-8H2,1-2H3. The topological polar surface area (TPSA) is 47.6 Å². The average Bonchev–Trinajstić information content (AvgIpc) is 3.20. The molecule has 1 unspecified atom stereocenters. The van der Waals surface area contributed by atoms with Gasteiger partial charge in [0, 0.05) is 11.8 Å². The summed E-state index contributed by atoms with van der Waals surface area (Å²) in [6.07, 6.45) is 2.17. The van der Waals surface area contributed by atoms with E-state index in [1.807, 2.05) is 31.2 Å². The van der Waals surface area contributed by atoms with Gasteiger partial charge in [0.05, 0.1) is 13.7 Å². The zero-order chi connectivity index (χ0) is 13.0. The minimum Gasteiger partial charge on any atom is -0.497 e. The number of ether oxygens (including phenoxy) is 2. The smallest absolute Gasteiger partial charge is 0.328 e. The van der Waals surface area contributed by atoms with Crippen LogP contribution in [-0.2, 0) is 9.53 Å². The molecule has 0 amide bonds. The van der Waals surface area contributed by atoms with Gasteiger partial charge in [-0.1, -0.05) is 6.07 Å². The fourth-order valence-corrected chi connectivity index (χ4v) is 1.92. The van der Waals surface area contributed by atoms with Crippen LogP contribution >= 0.6 is 0 Å². The Morgan fingerprint density at radius 3 is 2.89 bits per heavy atom. The summed E-state index contributed by atoms with van der Waals surface area (Å²) >= 11 is 0. The first kappa shape index (κ1) is 12.7. The van der Waals surface area contributed by atoms with Gasteiger partial charge >= 0.3 is 5.97 Å². The zero-order valence-corrected chi connectivity index (χ0v) is 10.8. The predicted octanol–water partition coefficient (Wildman–Crippen LogP) is 2.45. The molecule has 0 aliphatic heterocycles. The molecule has 0 spiro atoms. The van der Waals surface area contributed by atoms with E-state index in [0.29, 0.717) is 12.5 Å². The lowest BCUT2D eigenvalue weighted by atomic mass is 10.1. The summed E-state index contributed by atoms with van der Waals surface area (Å²) in [5.74, 6) is 1.01. The minimum atomic E-state index is -0.239. The van der Waals surface area contributed by atoms with Crippen molar-refractivity contribution >= 4 is 11.7 Å². The molecule has 2 rings (SSSR count). The summed E-state index contributed by atoms with van der Waals surface area (Å²) in [5, 5.41) is 3.25. The van der Waals surface area contributed by atoms with Gasteiger partial charge in [0.15, 0.2) is 0 Å². The van der Waals surface area contributed by atoms with Crippen LogP contribution in [0.4, 0.5) is 5.69 Å². The Morgan fingerprint density at radius 2 is 2.28 bits per heavy atom. The third-order valence-electron chi connectivity index (χ3n) is 3.03. The molecule has 1 aliphatic carbocycles. The summed E-state index contributed by atoms with van der Waals surface area (Å²) in [6.45, 7) is 2.25. The number of nitrogens with one attached hydrogen (secondary N) is 1. The van der Waals surface area contributed by atoms with Crippen LogP contribution in [-0.4, -0.2) is 25.7 Å². The molecule has 1 aromatic carbocycles. The number of anilines is 1. The van der Waals surface area contributed by atoms with Crippen LogP contribution in [0.25, 0.3) is 0 Å². The molecule has 0 radical (unpaired) electrons. The van der Waals surface area contributed by atoms with E-state index >= 15 is 0 Å². The molecule has 98 valence electrons. The lowest BCUT2D eigenvalue weighted by Gasteiger charge is -2.18. The number of carbonyl (C=O) groups is 1. The van der Waals surface area contributed by atoms with Crippen LogP contribution in [0, 0.1) is 5.92 Å². The third-order valence-corrected chi connectivity index (χ3v) is 3.03. The van der Waals surface area contributed by atoms with E-state index in [0.717, 1.165) is 24.3 Å². The van der Waals surface area contributed by atoms with E-state index in [4.69, 9.17) is 9.47 Å². The lowest BCUT2D eigenvalue weighted by molar-refractivity contribution is -0.144. The van der Waals surface area contributed by atoms with Gasteiger partial charge in [-0.05, 0) is 37.8 Å². The molecule has 0 saturated heterocycles. The molecule has 4 heteroatoms. The molecular formula is C14H19NO3. The Bertz CT molecular complexity index is 415. The second-order valence-corrected chi connectivity index (χ2v) is 4.44. The van der Waals surface area contributed by atoms with E-state index in [9.17, 15) is 4.79 Å². The molecule has 1 fully saturated rings. The summed E-state index contributed by atoms with van der Waals surface area (Å²) in [7, 11) is 1.63. The molecule has 0 aromatic heterocycles. The molecule has 1 saturated carbocycles. The molecule has 0 heterocycles. The minimum absolute atomic E-state index is 0.164. The first-order chi connectivity index (χ1) is 8.74. The highest BCUT2D eigenvalue weighted by Gasteiger charge is 2.37. The number of rotatable bonds is 6. The van der Waals surface area contributed by atoms with E-state index in [2.05, 4.69) is 5.32 Å². The van der Waals surface area contributed by atoms with Crippen LogP contribution in [0.2, 0.25) is 0 Å². The van der Waals surface area contributed by atoms with Gasteiger partial charge < -0.3 is 14.8 Å². The van der Waals surface area contributed by atoms with E-state index in [-0.39, 0.29) is 12.0 Å². The quantitative estimate of drug-likeness (QED) is 0.787. The van der Waals surface area contributed by atoms with Crippen molar-refractivity contribution < 1.29 is 14.3 Å². The maximum atomic E-state index is 11.9. The first-order valence-corrected chi connectivity index (χ1v) is 6.31. The SMILES string of the molecule is CCOC(=O)C(Nc1cccc(OC)c1)C1CC1. The second kappa shape index (κ2) is 5.76. The molecule has 1 aliphatic rings. The highest BCUT2D eigenvalue weighted by atomic mass is 16.5. The Labute approximate surface area is 107 Å². The first-order valence-electron chi connectivity index (χ1n) is 6.31. The van der Waals surface area contributed by atoms with Gasteiger partial charge in [-0.15, -0.1) is 0 Å². The Hall–Kier alpha value is -1.71. The molecule has 0 bridgehead atoms. The van der Waals surface area contributed by atoms with Crippen LogP contribution in [0.3, 0.4) is 0 Å². The number of hydrogen-bond donors (Lipinski definition) is 1. The number of esters is 1. The molecule has 4 nitrogen and oxygen atoms in total. The van der Waals surface area contributed by atoms with Crippen molar-refractivity contribution in [2.75, 3.05) is 19.0 Å². The van der Waals surface area contributed by atoms with Crippen molar-refractivity contribution in [1.82, 2.24) is 0 Å². The summed E-state index contributed by atoms with van der Waals surface area (Å²) in [4.78, 5) is 11.9. The number of methoxy groups -OCH3 is 1. The third kappa shape index (κ3) is 3.15. The Morgan fingerprint density at radius 1 is 1.50 bits per heavy atom. The highest BCUT2D eigenvalue weighted by molar-refractivity contribution is 5.80. The molecule has 1 aromatic rings. The van der Waals surface area contributed by atoms with Crippen molar-refractivity contribution in [3.63, 3.8) is 0 Å². The Kier molecular flexibility index (Phi) is 4.07. The molecule has 1 atom stereocenters.